The number of halogens is 2. The molecule has 0 fully saturated rings. The van der Waals surface area contributed by atoms with Crippen LogP contribution in [0.1, 0.15) is 15.9 Å². The fourth-order valence-electron chi connectivity index (χ4n) is 3.49. The van der Waals surface area contributed by atoms with E-state index < -0.39 is 17.3 Å². The SMILES string of the molecule is COC(=O)c1c(-c2ccccc2)c(-c2ccccc2)nn(Cc2c(F)cccc2Cl)c1=O. The summed E-state index contributed by atoms with van der Waals surface area (Å²) >= 11 is 6.17. The molecule has 0 aliphatic heterocycles. The topological polar surface area (TPSA) is 61.2 Å². The van der Waals surface area contributed by atoms with Crippen LogP contribution in [0.3, 0.4) is 0 Å². The smallest absolute Gasteiger partial charge is 0.344 e. The summed E-state index contributed by atoms with van der Waals surface area (Å²) in [4.78, 5) is 26.2. The van der Waals surface area contributed by atoms with Crippen molar-refractivity contribution in [2.45, 2.75) is 6.54 Å². The van der Waals surface area contributed by atoms with Crippen LogP contribution >= 0.6 is 11.6 Å². The van der Waals surface area contributed by atoms with E-state index in [4.69, 9.17) is 16.3 Å². The van der Waals surface area contributed by atoms with Gasteiger partial charge in [0.15, 0.2) is 0 Å². The summed E-state index contributed by atoms with van der Waals surface area (Å²) in [5, 5.41) is 4.70. The molecule has 0 spiro atoms. The third-order valence-electron chi connectivity index (χ3n) is 5.02. The molecule has 0 unspecified atom stereocenters. The van der Waals surface area contributed by atoms with Crippen LogP contribution in [0.2, 0.25) is 5.02 Å². The number of hydrogen-bond donors (Lipinski definition) is 0. The molecule has 4 aromatic rings. The van der Waals surface area contributed by atoms with Crippen LogP contribution in [0, 0.1) is 5.82 Å². The van der Waals surface area contributed by atoms with Crippen molar-refractivity contribution in [1.29, 1.82) is 0 Å². The monoisotopic (exact) mass is 448 g/mol. The van der Waals surface area contributed by atoms with E-state index in [0.29, 0.717) is 22.4 Å². The quantitative estimate of drug-likeness (QED) is 0.393. The molecule has 0 bridgehead atoms. The number of esters is 1. The minimum atomic E-state index is -0.804. The van der Waals surface area contributed by atoms with Crippen LogP contribution in [-0.4, -0.2) is 22.9 Å². The molecule has 0 saturated heterocycles. The number of nitrogens with zero attached hydrogens (tertiary/aromatic N) is 2. The maximum Gasteiger partial charge on any atom is 0.344 e. The lowest BCUT2D eigenvalue weighted by atomic mass is 9.95. The molecule has 160 valence electrons. The lowest BCUT2D eigenvalue weighted by Gasteiger charge is -2.17. The number of carbonyl (C=O) groups excluding carboxylic acids is 1. The second kappa shape index (κ2) is 9.16. The van der Waals surface area contributed by atoms with Crippen molar-refractivity contribution in [1.82, 2.24) is 9.78 Å². The van der Waals surface area contributed by atoms with E-state index in [0.717, 1.165) is 4.68 Å². The number of carbonyl (C=O) groups is 1. The molecule has 0 amide bonds. The maximum atomic E-state index is 14.4. The molecule has 1 heterocycles. The molecular weight excluding hydrogens is 431 g/mol. The lowest BCUT2D eigenvalue weighted by molar-refractivity contribution is 0.0598. The molecule has 0 saturated carbocycles. The largest absolute Gasteiger partial charge is 0.465 e. The lowest BCUT2D eigenvalue weighted by Crippen LogP contribution is -2.31. The van der Waals surface area contributed by atoms with E-state index in [2.05, 4.69) is 5.10 Å². The van der Waals surface area contributed by atoms with Crippen molar-refractivity contribution in [2.24, 2.45) is 0 Å². The van der Waals surface area contributed by atoms with E-state index >= 15 is 0 Å². The van der Waals surface area contributed by atoms with Gasteiger partial charge in [0.2, 0.25) is 0 Å². The highest BCUT2D eigenvalue weighted by Crippen LogP contribution is 2.32. The molecule has 5 nitrogen and oxygen atoms in total. The van der Waals surface area contributed by atoms with Gasteiger partial charge in [0, 0.05) is 21.7 Å². The van der Waals surface area contributed by atoms with E-state index in [1.165, 1.54) is 25.3 Å². The standard InChI is InChI=1S/C25H18ClFN2O3/c1-32-25(31)22-21(16-9-4-2-5-10-16)23(17-11-6-3-7-12-17)28-29(24(22)30)15-18-19(26)13-8-14-20(18)27/h2-14H,15H2,1H3. The molecule has 0 aliphatic rings. The molecule has 0 aliphatic carbocycles. The number of hydrogen-bond acceptors (Lipinski definition) is 4. The average Bonchev–Trinajstić information content (AvgIpc) is 2.82. The summed E-state index contributed by atoms with van der Waals surface area (Å²) in [6.45, 7) is -0.247. The third kappa shape index (κ3) is 4.05. The molecule has 7 heteroatoms. The Bertz CT molecular complexity index is 1320. The Labute approximate surface area is 188 Å². The number of benzene rings is 3. The van der Waals surface area contributed by atoms with Gasteiger partial charge >= 0.3 is 5.97 Å². The van der Waals surface area contributed by atoms with Gasteiger partial charge in [-0.05, 0) is 17.7 Å². The summed E-state index contributed by atoms with van der Waals surface area (Å²) < 4.78 is 20.4. The summed E-state index contributed by atoms with van der Waals surface area (Å²) in [6.07, 6.45) is 0. The van der Waals surface area contributed by atoms with Crippen molar-refractivity contribution in [2.75, 3.05) is 7.11 Å². The van der Waals surface area contributed by atoms with Crippen molar-refractivity contribution in [3.8, 4) is 22.4 Å². The van der Waals surface area contributed by atoms with E-state index in [9.17, 15) is 14.0 Å². The van der Waals surface area contributed by atoms with Gasteiger partial charge in [-0.3, -0.25) is 4.79 Å². The number of rotatable bonds is 5. The molecule has 1 aromatic heterocycles. The summed E-state index contributed by atoms with van der Waals surface area (Å²) in [5.41, 5.74) is 1.28. The summed E-state index contributed by atoms with van der Waals surface area (Å²) in [5.74, 6) is -1.37. The second-order valence-corrected chi connectivity index (χ2v) is 7.39. The predicted octanol–water partition coefficient (Wildman–Crippen LogP) is 5.20. The van der Waals surface area contributed by atoms with Crippen molar-refractivity contribution in [3.63, 3.8) is 0 Å². The minimum absolute atomic E-state index is 0.103. The maximum absolute atomic E-state index is 14.4. The van der Waals surface area contributed by atoms with Gasteiger partial charge in [0.05, 0.1) is 19.3 Å². The molecular formula is C25H18ClFN2O3. The van der Waals surface area contributed by atoms with Gasteiger partial charge in [-0.1, -0.05) is 78.3 Å². The first-order valence-electron chi connectivity index (χ1n) is 9.78. The Balaban J connectivity index is 2.06. The van der Waals surface area contributed by atoms with Gasteiger partial charge in [-0.25, -0.2) is 13.9 Å². The average molecular weight is 449 g/mol. The highest BCUT2D eigenvalue weighted by Gasteiger charge is 2.26. The molecule has 0 N–H and O–H groups in total. The normalized spacial score (nSPS) is 10.7. The molecule has 32 heavy (non-hydrogen) atoms. The fourth-order valence-corrected chi connectivity index (χ4v) is 3.71. The summed E-state index contributed by atoms with van der Waals surface area (Å²) in [6, 6.07) is 22.4. The van der Waals surface area contributed by atoms with Crippen molar-refractivity contribution < 1.29 is 13.9 Å². The zero-order chi connectivity index (χ0) is 22.7. The van der Waals surface area contributed by atoms with E-state index in [-0.39, 0.29) is 22.7 Å². The first kappa shape index (κ1) is 21.5. The van der Waals surface area contributed by atoms with Crippen LogP contribution in [0.25, 0.3) is 22.4 Å². The Morgan fingerprint density at radius 1 is 0.969 bits per heavy atom. The summed E-state index contributed by atoms with van der Waals surface area (Å²) in [7, 11) is 1.21. The van der Waals surface area contributed by atoms with Gasteiger partial charge in [-0.2, -0.15) is 5.10 Å². The number of aromatic nitrogens is 2. The van der Waals surface area contributed by atoms with Crippen molar-refractivity contribution in [3.05, 3.63) is 111 Å². The Hall–Kier alpha value is -3.77. The second-order valence-electron chi connectivity index (χ2n) is 6.99. The molecule has 0 atom stereocenters. The Kier molecular flexibility index (Phi) is 6.14. The third-order valence-corrected chi connectivity index (χ3v) is 5.38. The van der Waals surface area contributed by atoms with Gasteiger partial charge in [0.25, 0.3) is 5.56 Å². The van der Waals surface area contributed by atoms with Gasteiger partial charge < -0.3 is 4.74 Å². The van der Waals surface area contributed by atoms with Gasteiger partial charge in [0.1, 0.15) is 11.4 Å². The van der Waals surface area contributed by atoms with Crippen LogP contribution in [-0.2, 0) is 11.3 Å². The van der Waals surface area contributed by atoms with E-state index in [1.54, 1.807) is 24.3 Å². The van der Waals surface area contributed by atoms with Gasteiger partial charge in [-0.15, -0.1) is 0 Å². The molecule has 0 radical (unpaired) electrons. The first-order chi connectivity index (χ1) is 15.5. The predicted molar refractivity (Wildman–Crippen MR) is 121 cm³/mol. The highest BCUT2D eigenvalue weighted by atomic mass is 35.5. The number of methoxy groups -OCH3 is 1. The minimum Gasteiger partial charge on any atom is -0.465 e. The molecule has 4 rings (SSSR count). The van der Waals surface area contributed by atoms with Crippen LogP contribution < -0.4 is 5.56 Å². The molecule has 3 aromatic carbocycles. The number of ether oxygens (including phenoxy) is 1. The Morgan fingerprint density at radius 3 is 2.19 bits per heavy atom. The van der Waals surface area contributed by atoms with Crippen LogP contribution in [0.5, 0.6) is 0 Å². The highest BCUT2D eigenvalue weighted by molar-refractivity contribution is 6.31. The van der Waals surface area contributed by atoms with E-state index in [1.807, 2.05) is 36.4 Å². The fraction of sp³-hybridized carbons (Fsp3) is 0.0800. The van der Waals surface area contributed by atoms with Crippen LogP contribution in [0.15, 0.2) is 83.7 Å². The first-order valence-corrected chi connectivity index (χ1v) is 10.2. The zero-order valence-electron chi connectivity index (χ0n) is 17.1. The zero-order valence-corrected chi connectivity index (χ0v) is 17.8. The van der Waals surface area contributed by atoms with Crippen LogP contribution in [0.4, 0.5) is 4.39 Å². The van der Waals surface area contributed by atoms with Crippen molar-refractivity contribution >= 4 is 17.6 Å². The Morgan fingerprint density at radius 2 is 1.59 bits per heavy atom.